The van der Waals surface area contributed by atoms with E-state index in [1.807, 2.05) is 13.0 Å². The van der Waals surface area contributed by atoms with Crippen molar-refractivity contribution in [2.75, 3.05) is 53.0 Å². The van der Waals surface area contributed by atoms with Gasteiger partial charge in [0.15, 0.2) is 0 Å². The van der Waals surface area contributed by atoms with E-state index in [-0.39, 0.29) is 11.5 Å². The van der Waals surface area contributed by atoms with Gasteiger partial charge in [-0.05, 0) is 56.8 Å². The molecule has 0 atom stereocenters. The number of hydroxylamine groups is 1. The van der Waals surface area contributed by atoms with E-state index >= 15 is 0 Å². The Morgan fingerprint density at radius 1 is 1.12 bits per heavy atom. The fourth-order valence-corrected chi connectivity index (χ4v) is 3.93. The first-order chi connectivity index (χ1) is 16.5. The van der Waals surface area contributed by atoms with Crippen molar-refractivity contribution in [3.63, 3.8) is 0 Å². The van der Waals surface area contributed by atoms with Crippen molar-refractivity contribution in [3.8, 4) is 11.4 Å². The average molecular weight is 466 g/mol. The van der Waals surface area contributed by atoms with Gasteiger partial charge in [0.25, 0.3) is 11.5 Å². The van der Waals surface area contributed by atoms with Gasteiger partial charge in [0.2, 0.25) is 0 Å². The normalized spacial score (nSPS) is 14.9. The molecule has 0 spiro atoms. The molecule has 1 saturated heterocycles. The van der Waals surface area contributed by atoms with Crippen molar-refractivity contribution in [2.24, 2.45) is 0 Å². The molecule has 9 nitrogen and oxygen atoms in total. The number of fused-ring (bicyclic) bond motifs is 1. The van der Waals surface area contributed by atoms with E-state index in [1.54, 1.807) is 37.3 Å². The minimum absolute atomic E-state index is 0.222. The molecular weight excluding hydrogens is 434 g/mol. The summed E-state index contributed by atoms with van der Waals surface area (Å²) in [6.45, 7) is 9.63. The summed E-state index contributed by atoms with van der Waals surface area (Å²) in [6.07, 6.45) is 1.49. The number of nitrogens with zero attached hydrogens (tertiary/aromatic N) is 4. The van der Waals surface area contributed by atoms with Crippen LogP contribution in [0, 0.1) is 6.92 Å². The molecule has 9 heteroatoms. The second kappa shape index (κ2) is 10.8. The largest absolute Gasteiger partial charge is 0.492 e. The Hall–Kier alpha value is -3.27. The second-order valence-corrected chi connectivity index (χ2v) is 8.46. The number of nitrogens with one attached hydrogen (secondary N) is 1. The lowest BCUT2D eigenvalue weighted by atomic mass is 10.1. The van der Waals surface area contributed by atoms with Crippen LogP contribution >= 0.6 is 0 Å². The minimum Gasteiger partial charge on any atom is -0.492 e. The Bertz CT molecular complexity index is 1220. The van der Waals surface area contributed by atoms with E-state index in [4.69, 9.17) is 9.57 Å². The van der Waals surface area contributed by atoms with Gasteiger partial charge < -0.3 is 9.64 Å². The predicted octanol–water partition coefficient (Wildman–Crippen LogP) is 2.00. The zero-order valence-corrected chi connectivity index (χ0v) is 19.9. The monoisotopic (exact) mass is 465 g/mol. The maximum Gasteiger partial charge on any atom is 0.274 e. The highest BCUT2D eigenvalue weighted by Crippen LogP contribution is 2.19. The number of hydrogen-bond donors (Lipinski definition) is 1. The van der Waals surface area contributed by atoms with Gasteiger partial charge in [0.05, 0.1) is 23.2 Å². The summed E-state index contributed by atoms with van der Waals surface area (Å²) in [4.78, 5) is 39.8. The van der Waals surface area contributed by atoms with Gasteiger partial charge in [-0.25, -0.2) is 10.5 Å². The van der Waals surface area contributed by atoms with E-state index in [2.05, 4.69) is 27.3 Å². The smallest absolute Gasteiger partial charge is 0.274 e. The number of amides is 1. The van der Waals surface area contributed by atoms with Crippen LogP contribution in [-0.4, -0.2) is 78.2 Å². The number of carbonyl (C=O) groups excluding carboxylic acids is 1. The molecule has 1 fully saturated rings. The predicted molar refractivity (Wildman–Crippen MR) is 131 cm³/mol. The molecule has 0 saturated carbocycles. The van der Waals surface area contributed by atoms with Crippen LogP contribution in [0.3, 0.4) is 0 Å². The van der Waals surface area contributed by atoms with Crippen LogP contribution in [0.1, 0.15) is 22.8 Å². The summed E-state index contributed by atoms with van der Waals surface area (Å²) < 4.78 is 7.42. The molecule has 0 aliphatic carbocycles. The molecule has 1 N–H and O–H groups in total. The lowest BCUT2D eigenvalue weighted by Gasteiger charge is -2.32. The Balaban J connectivity index is 1.55. The van der Waals surface area contributed by atoms with Gasteiger partial charge in [-0.1, -0.05) is 6.07 Å². The molecular formula is C25H31N5O4. The third-order valence-corrected chi connectivity index (χ3v) is 6.04. The molecule has 3 aromatic rings. The lowest BCUT2D eigenvalue weighted by molar-refractivity contribution is 0.0364. The van der Waals surface area contributed by atoms with Crippen LogP contribution in [0.4, 0.5) is 0 Å². The van der Waals surface area contributed by atoms with Crippen LogP contribution in [0.2, 0.25) is 0 Å². The molecule has 1 aliphatic heterocycles. The number of rotatable bonds is 8. The van der Waals surface area contributed by atoms with Crippen molar-refractivity contribution < 1.29 is 14.4 Å². The lowest BCUT2D eigenvalue weighted by Crippen LogP contribution is -2.45. The quantitative estimate of drug-likeness (QED) is 0.509. The van der Waals surface area contributed by atoms with E-state index in [9.17, 15) is 9.59 Å². The summed E-state index contributed by atoms with van der Waals surface area (Å²) in [6, 6.07) is 10.5. The number of likely N-dealkylation sites (N-methyl/N-ethyl adjacent to an activating group) is 1. The van der Waals surface area contributed by atoms with Crippen molar-refractivity contribution in [1.82, 2.24) is 24.8 Å². The second-order valence-electron chi connectivity index (χ2n) is 8.46. The highest BCUT2D eigenvalue weighted by Gasteiger charge is 2.15. The number of aryl methyl sites for hydroxylation is 1. The summed E-state index contributed by atoms with van der Waals surface area (Å²) in [5.74, 6) is 0.265. The molecule has 2 heterocycles. The fourth-order valence-electron chi connectivity index (χ4n) is 3.93. The van der Waals surface area contributed by atoms with Gasteiger partial charge in [-0.15, -0.1) is 0 Å². The highest BCUT2D eigenvalue weighted by atomic mass is 16.6. The third-order valence-electron chi connectivity index (χ3n) is 6.04. The van der Waals surface area contributed by atoms with Crippen LogP contribution in [-0.2, 0) is 4.84 Å². The van der Waals surface area contributed by atoms with E-state index < -0.39 is 0 Å². The van der Waals surface area contributed by atoms with E-state index in [0.717, 1.165) is 38.3 Å². The first-order valence-corrected chi connectivity index (χ1v) is 11.5. The number of benzene rings is 2. The van der Waals surface area contributed by atoms with Gasteiger partial charge in [-0.3, -0.25) is 23.9 Å². The molecule has 2 aromatic carbocycles. The number of hydrogen-bond acceptors (Lipinski definition) is 7. The van der Waals surface area contributed by atoms with Crippen molar-refractivity contribution in [2.45, 2.75) is 13.8 Å². The van der Waals surface area contributed by atoms with Gasteiger partial charge in [-0.2, -0.15) is 0 Å². The summed E-state index contributed by atoms with van der Waals surface area (Å²) >= 11 is 0. The molecule has 1 amide bonds. The molecule has 1 aliphatic rings. The van der Waals surface area contributed by atoms with Gasteiger partial charge in [0.1, 0.15) is 18.7 Å². The minimum atomic E-state index is -0.374. The standard InChI is InChI=1S/C25H31N5O4/c1-4-34-27-24(31)19-6-5-18(2)23(15-19)30-17-26-22-8-7-20(16-21(22)25(30)32)33-14-13-29-11-9-28(3)10-12-29/h5-8,15-17H,4,9-14H2,1-3H3,(H,27,31). The molecule has 0 unspecified atom stereocenters. The van der Waals surface area contributed by atoms with Crippen LogP contribution < -0.4 is 15.8 Å². The van der Waals surface area contributed by atoms with Crippen LogP contribution in [0.15, 0.2) is 47.5 Å². The number of piperazine rings is 1. The maximum atomic E-state index is 13.4. The Morgan fingerprint density at radius 3 is 2.68 bits per heavy atom. The Morgan fingerprint density at radius 2 is 1.91 bits per heavy atom. The highest BCUT2D eigenvalue weighted by molar-refractivity contribution is 5.94. The molecule has 4 rings (SSSR count). The Labute approximate surface area is 198 Å². The SMILES string of the molecule is CCONC(=O)c1ccc(C)c(-n2cnc3ccc(OCCN4CCN(C)CC4)cc3c2=O)c1. The third kappa shape index (κ3) is 5.44. The number of carbonyl (C=O) groups is 1. The summed E-state index contributed by atoms with van der Waals surface area (Å²) in [5, 5.41) is 0.461. The van der Waals surface area contributed by atoms with Crippen molar-refractivity contribution in [1.29, 1.82) is 0 Å². The topological polar surface area (TPSA) is 88.9 Å². The van der Waals surface area contributed by atoms with Crippen molar-refractivity contribution >= 4 is 16.8 Å². The average Bonchev–Trinajstić information content (AvgIpc) is 2.85. The zero-order valence-electron chi connectivity index (χ0n) is 19.9. The fraction of sp³-hybridized carbons (Fsp3) is 0.400. The molecule has 0 radical (unpaired) electrons. The molecule has 1 aromatic heterocycles. The molecule has 34 heavy (non-hydrogen) atoms. The molecule has 0 bridgehead atoms. The Kier molecular flexibility index (Phi) is 7.56. The molecule has 180 valence electrons. The maximum absolute atomic E-state index is 13.4. The van der Waals surface area contributed by atoms with Crippen LogP contribution in [0.25, 0.3) is 16.6 Å². The van der Waals surface area contributed by atoms with Gasteiger partial charge in [0, 0.05) is 38.3 Å². The number of ether oxygens (including phenoxy) is 1. The number of aromatic nitrogens is 2. The summed E-state index contributed by atoms with van der Waals surface area (Å²) in [5.41, 5.74) is 4.57. The first-order valence-electron chi connectivity index (χ1n) is 11.5. The van der Waals surface area contributed by atoms with Crippen molar-refractivity contribution in [3.05, 3.63) is 64.2 Å². The van der Waals surface area contributed by atoms with Crippen LogP contribution in [0.5, 0.6) is 5.75 Å². The van der Waals surface area contributed by atoms with E-state index in [0.29, 0.717) is 41.1 Å². The van der Waals surface area contributed by atoms with Gasteiger partial charge >= 0.3 is 0 Å². The summed E-state index contributed by atoms with van der Waals surface area (Å²) in [7, 11) is 2.14. The zero-order chi connectivity index (χ0) is 24.1. The first kappa shape index (κ1) is 23.9. The van der Waals surface area contributed by atoms with E-state index in [1.165, 1.54) is 10.9 Å².